The van der Waals surface area contributed by atoms with Crippen LogP contribution in [0.15, 0.2) is 0 Å². The fourth-order valence-corrected chi connectivity index (χ4v) is 2.47. The number of thiol groups is 1. The maximum absolute atomic E-state index is 11.0. The first-order valence-electron chi connectivity index (χ1n) is 5.23. The van der Waals surface area contributed by atoms with Gasteiger partial charge in [-0.2, -0.15) is 12.6 Å². The van der Waals surface area contributed by atoms with Gasteiger partial charge in [0.15, 0.2) is 0 Å². The van der Waals surface area contributed by atoms with E-state index in [0.717, 1.165) is 12.3 Å². The monoisotopic (exact) mass is 253 g/mol. The molecule has 3 nitrogen and oxygen atoms in total. The van der Waals surface area contributed by atoms with E-state index < -0.39 is 9.84 Å². The number of sulfone groups is 1. The molecule has 0 aromatic carbocycles. The van der Waals surface area contributed by atoms with E-state index >= 15 is 0 Å². The molecule has 0 aliphatic rings. The van der Waals surface area contributed by atoms with Gasteiger partial charge in [-0.05, 0) is 24.6 Å². The van der Waals surface area contributed by atoms with Gasteiger partial charge in [0.2, 0.25) is 0 Å². The van der Waals surface area contributed by atoms with Crippen LogP contribution < -0.4 is 0 Å². The van der Waals surface area contributed by atoms with Gasteiger partial charge < -0.3 is 4.90 Å². The van der Waals surface area contributed by atoms with Gasteiger partial charge in [-0.25, -0.2) is 8.42 Å². The molecule has 0 aromatic rings. The predicted octanol–water partition coefficient (Wildman–Crippen LogP) is 1.16. The molecule has 0 rings (SSSR count). The van der Waals surface area contributed by atoms with E-state index in [2.05, 4.69) is 31.4 Å². The highest BCUT2D eigenvalue weighted by atomic mass is 32.2. The topological polar surface area (TPSA) is 37.4 Å². The largest absolute Gasteiger partial charge is 0.305 e. The van der Waals surface area contributed by atoms with Crippen LogP contribution in [-0.4, -0.2) is 51.2 Å². The molecule has 0 spiro atoms. The zero-order valence-electron chi connectivity index (χ0n) is 10.1. The molecule has 0 bridgehead atoms. The number of hydrogen-bond donors (Lipinski definition) is 1. The molecule has 15 heavy (non-hydrogen) atoms. The van der Waals surface area contributed by atoms with Crippen molar-refractivity contribution in [3.8, 4) is 0 Å². The Kier molecular flexibility index (Phi) is 6.88. The van der Waals surface area contributed by atoms with Crippen LogP contribution in [0.5, 0.6) is 0 Å². The van der Waals surface area contributed by atoms with Gasteiger partial charge in [-0.3, -0.25) is 0 Å². The van der Waals surface area contributed by atoms with Gasteiger partial charge in [0.1, 0.15) is 9.84 Å². The fraction of sp³-hybridized carbons (Fsp3) is 1.00. The first kappa shape index (κ1) is 15.3. The molecule has 0 heterocycles. The van der Waals surface area contributed by atoms with Crippen LogP contribution in [0.25, 0.3) is 0 Å². The lowest BCUT2D eigenvalue weighted by Gasteiger charge is -2.25. The Hall–Kier alpha value is 0.260. The summed E-state index contributed by atoms with van der Waals surface area (Å²) in [6, 6.07) is 0. The third-order valence-electron chi connectivity index (χ3n) is 2.57. The SMILES string of the molecule is CC(C)C(CS)CN(C)CCS(C)(=O)=O. The second-order valence-electron chi connectivity index (χ2n) is 4.58. The van der Waals surface area contributed by atoms with Crippen molar-refractivity contribution in [2.45, 2.75) is 13.8 Å². The Morgan fingerprint density at radius 3 is 2.20 bits per heavy atom. The molecule has 0 aliphatic carbocycles. The normalized spacial score (nSPS) is 14.9. The smallest absolute Gasteiger partial charge is 0.148 e. The molecule has 0 saturated heterocycles. The lowest BCUT2D eigenvalue weighted by atomic mass is 9.97. The zero-order chi connectivity index (χ0) is 12.1. The molecule has 0 fully saturated rings. The first-order chi connectivity index (χ1) is 6.76. The van der Waals surface area contributed by atoms with E-state index in [0.29, 0.717) is 18.4 Å². The standard InChI is InChI=1S/C10H23NO2S2/c1-9(2)10(8-14)7-11(3)5-6-15(4,12)13/h9-10,14H,5-8H2,1-4H3. The van der Waals surface area contributed by atoms with Gasteiger partial charge >= 0.3 is 0 Å². The Bertz CT molecular complexity index is 263. The third kappa shape index (κ3) is 8.11. The minimum atomic E-state index is -2.84. The Labute approximate surface area is 99.6 Å². The van der Waals surface area contributed by atoms with Crippen LogP contribution in [0.1, 0.15) is 13.8 Å². The maximum atomic E-state index is 11.0. The van der Waals surface area contributed by atoms with E-state index in [-0.39, 0.29) is 5.75 Å². The summed E-state index contributed by atoms with van der Waals surface area (Å²) in [5.41, 5.74) is 0. The van der Waals surface area contributed by atoms with Gasteiger partial charge in [0.25, 0.3) is 0 Å². The van der Waals surface area contributed by atoms with Crippen LogP contribution in [0.3, 0.4) is 0 Å². The molecule has 0 radical (unpaired) electrons. The summed E-state index contributed by atoms with van der Waals surface area (Å²) < 4.78 is 22.0. The summed E-state index contributed by atoms with van der Waals surface area (Å²) in [5, 5.41) is 0. The van der Waals surface area contributed by atoms with Crippen molar-refractivity contribution < 1.29 is 8.42 Å². The van der Waals surface area contributed by atoms with Crippen molar-refractivity contribution in [2.75, 3.05) is 37.9 Å². The van der Waals surface area contributed by atoms with Crippen LogP contribution in [-0.2, 0) is 9.84 Å². The summed E-state index contributed by atoms with van der Waals surface area (Å²) in [6.07, 6.45) is 1.28. The highest BCUT2D eigenvalue weighted by molar-refractivity contribution is 7.90. The Balaban J connectivity index is 3.97. The van der Waals surface area contributed by atoms with Crippen molar-refractivity contribution in [1.82, 2.24) is 4.90 Å². The Morgan fingerprint density at radius 2 is 1.87 bits per heavy atom. The fourth-order valence-electron chi connectivity index (χ4n) is 1.29. The van der Waals surface area contributed by atoms with Gasteiger partial charge in [-0.1, -0.05) is 13.8 Å². The van der Waals surface area contributed by atoms with E-state index in [1.807, 2.05) is 7.05 Å². The second-order valence-corrected chi connectivity index (χ2v) is 7.20. The molecule has 1 atom stereocenters. The van der Waals surface area contributed by atoms with Crippen molar-refractivity contribution in [2.24, 2.45) is 11.8 Å². The average Bonchev–Trinajstić information content (AvgIpc) is 2.09. The van der Waals surface area contributed by atoms with Crippen molar-refractivity contribution in [3.63, 3.8) is 0 Å². The Morgan fingerprint density at radius 1 is 1.33 bits per heavy atom. The number of hydrogen-bond acceptors (Lipinski definition) is 4. The third-order valence-corrected chi connectivity index (χ3v) is 3.96. The minimum Gasteiger partial charge on any atom is -0.305 e. The molecule has 0 aliphatic heterocycles. The first-order valence-corrected chi connectivity index (χ1v) is 7.92. The van der Waals surface area contributed by atoms with Crippen molar-refractivity contribution >= 4 is 22.5 Å². The number of nitrogens with zero attached hydrogens (tertiary/aromatic N) is 1. The van der Waals surface area contributed by atoms with Gasteiger partial charge in [0.05, 0.1) is 5.75 Å². The maximum Gasteiger partial charge on any atom is 0.148 e. The average molecular weight is 253 g/mol. The van der Waals surface area contributed by atoms with Gasteiger partial charge in [0, 0.05) is 19.3 Å². The molecule has 0 saturated carbocycles. The van der Waals surface area contributed by atoms with Crippen molar-refractivity contribution in [1.29, 1.82) is 0 Å². The highest BCUT2D eigenvalue weighted by Gasteiger charge is 2.14. The summed E-state index contributed by atoms with van der Waals surface area (Å²) >= 11 is 4.31. The van der Waals surface area contributed by atoms with Crippen molar-refractivity contribution in [3.05, 3.63) is 0 Å². The van der Waals surface area contributed by atoms with E-state index in [1.54, 1.807) is 0 Å². The molecule has 1 unspecified atom stereocenters. The predicted molar refractivity (Wildman–Crippen MR) is 69.4 cm³/mol. The zero-order valence-corrected chi connectivity index (χ0v) is 11.8. The molecule has 0 aromatic heterocycles. The summed E-state index contributed by atoms with van der Waals surface area (Å²) in [5.74, 6) is 2.20. The minimum absolute atomic E-state index is 0.237. The van der Waals surface area contributed by atoms with E-state index in [9.17, 15) is 8.42 Å². The molecule has 0 amide bonds. The van der Waals surface area contributed by atoms with Crippen LogP contribution in [0, 0.1) is 11.8 Å². The summed E-state index contributed by atoms with van der Waals surface area (Å²) in [4.78, 5) is 2.07. The molecule has 92 valence electrons. The van der Waals surface area contributed by atoms with E-state index in [1.165, 1.54) is 6.26 Å². The second kappa shape index (κ2) is 6.76. The molecule has 5 heteroatoms. The lowest BCUT2D eigenvalue weighted by molar-refractivity contribution is 0.263. The highest BCUT2D eigenvalue weighted by Crippen LogP contribution is 2.13. The lowest BCUT2D eigenvalue weighted by Crippen LogP contribution is -2.32. The molecular formula is C10H23NO2S2. The van der Waals surface area contributed by atoms with Crippen LogP contribution in [0.4, 0.5) is 0 Å². The molecular weight excluding hydrogens is 230 g/mol. The summed E-state index contributed by atoms with van der Waals surface area (Å²) in [7, 11) is -0.880. The van der Waals surface area contributed by atoms with Crippen LogP contribution >= 0.6 is 12.6 Å². The summed E-state index contributed by atoms with van der Waals surface area (Å²) in [6.45, 7) is 5.86. The molecule has 0 N–H and O–H groups in total. The number of rotatable bonds is 7. The quantitative estimate of drug-likeness (QED) is 0.692. The van der Waals surface area contributed by atoms with E-state index in [4.69, 9.17) is 0 Å². The van der Waals surface area contributed by atoms with Gasteiger partial charge in [-0.15, -0.1) is 0 Å². The van der Waals surface area contributed by atoms with Crippen LogP contribution in [0.2, 0.25) is 0 Å².